The highest BCUT2D eigenvalue weighted by Crippen LogP contribution is 2.30. The molecule has 0 unspecified atom stereocenters. The Morgan fingerprint density at radius 3 is 2.59 bits per heavy atom. The highest BCUT2D eigenvalue weighted by Gasteiger charge is 2.18. The van der Waals surface area contributed by atoms with Crippen molar-refractivity contribution in [3.05, 3.63) is 65.7 Å². The van der Waals surface area contributed by atoms with Crippen molar-refractivity contribution in [2.45, 2.75) is 25.7 Å². The molecule has 0 saturated carbocycles. The van der Waals surface area contributed by atoms with Gasteiger partial charge in [-0.25, -0.2) is 4.68 Å². The Hall–Kier alpha value is -3.00. The minimum absolute atomic E-state index is 0.0386. The summed E-state index contributed by atoms with van der Waals surface area (Å²) in [5.74, 6) is 0.414. The van der Waals surface area contributed by atoms with Crippen LogP contribution in [-0.2, 0) is 17.6 Å². The van der Waals surface area contributed by atoms with Crippen LogP contribution in [-0.4, -0.2) is 63.6 Å². The van der Waals surface area contributed by atoms with Crippen LogP contribution in [0.4, 0.5) is 5.82 Å². The van der Waals surface area contributed by atoms with Crippen LogP contribution in [0.2, 0.25) is 0 Å². The summed E-state index contributed by atoms with van der Waals surface area (Å²) in [4.78, 5) is 14.6. The molecule has 0 fully saturated rings. The minimum Gasteiger partial charge on any atom is -0.396 e. The van der Waals surface area contributed by atoms with Crippen molar-refractivity contribution in [3.8, 4) is 16.9 Å². The van der Waals surface area contributed by atoms with Crippen molar-refractivity contribution in [3.63, 3.8) is 0 Å². The first-order valence-electron chi connectivity index (χ1n) is 11.2. The molecule has 1 heterocycles. The van der Waals surface area contributed by atoms with Crippen LogP contribution in [0.25, 0.3) is 16.9 Å². The van der Waals surface area contributed by atoms with E-state index in [1.54, 1.807) is 4.68 Å². The van der Waals surface area contributed by atoms with E-state index in [0.29, 0.717) is 25.3 Å². The maximum atomic E-state index is 12.8. The molecule has 0 spiro atoms. The van der Waals surface area contributed by atoms with Crippen LogP contribution in [0.3, 0.4) is 0 Å². The number of hydrogen-bond acceptors (Lipinski definition) is 5. The average Bonchev–Trinajstić information content (AvgIpc) is 3.44. The molecule has 0 aliphatic heterocycles. The standard InChI is InChI=1S/C25H30N4O3/c30-14-5-12-28(13-15-31)18-25(32)26-24-17-23(27-29(24)22-8-2-1-3-9-22)21-11-10-19-6-4-7-20(19)16-21/h1-3,8-11,16-17,30-31H,4-7,12-15,18H2,(H,26,32). The van der Waals surface area contributed by atoms with Gasteiger partial charge in [0.1, 0.15) is 5.82 Å². The van der Waals surface area contributed by atoms with E-state index < -0.39 is 0 Å². The molecule has 1 aromatic heterocycles. The zero-order valence-electron chi connectivity index (χ0n) is 18.2. The molecule has 0 atom stereocenters. The molecule has 168 valence electrons. The zero-order chi connectivity index (χ0) is 22.3. The molecule has 7 heteroatoms. The molecular formula is C25H30N4O3. The number of benzene rings is 2. The maximum absolute atomic E-state index is 12.8. The highest BCUT2D eigenvalue weighted by molar-refractivity contribution is 5.92. The Labute approximate surface area is 188 Å². The summed E-state index contributed by atoms with van der Waals surface area (Å²) in [5.41, 5.74) is 5.51. The Bertz CT molecular complexity index is 1050. The lowest BCUT2D eigenvalue weighted by Gasteiger charge is -2.20. The lowest BCUT2D eigenvalue weighted by molar-refractivity contribution is -0.117. The number of nitrogens with one attached hydrogen (secondary N) is 1. The molecule has 1 amide bonds. The number of fused-ring (bicyclic) bond motifs is 1. The van der Waals surface area contributed by atoms with Crippen molar-refractivity contribution in [2.75, 3.05) is 38.2 Å². The molecule has 1 aliphatic rings. The molecule has 4 rings (SSSR count). The number of carbonyl (C=O) groups excluding carboxylic acids is 1. The third-order valence-corrected chi connectivity index (χ3v) is 5.79. The fourth-order valence-corrected chi connectivity index (χ4v) is 4.20. The number of aryl methyl sites for hydroxylation is 2. The van der Waals surface area contributed by atoms with Gasteiger partial charge >= 0.3 is 0 Å². The van der Waals surface area contributed by atoms with E-state index in [1.807, 2.05) is 41.3 Å². The number of nitrogens with zero attached hydrogens (tertiary/aromatic N) is 3. The Balaban J connectivity index is 1.59. The molecular weight excluding hydrogens is 404 g/mol. The third-order valence-electron chi connectivity index (χ3n) is 5.79. The van der Waals surface area contributed by atoms with Crippen molar-refractivity contribution in [1.29, 1.82) is 0 Å². The highest BCUT2D eigenvalue weighted by atomic mass is 16.3. The number of hydrogen-bond donors (Lipinski definition) is 3. The SMILES string of the molecule is O=C(CN(CCO)CCCO)Nc1cc(-c2ccc3c(c2)CCC3)nn1-c1ccccc1. The lowest BCUT2D eigenvalue weighted by Crippen LogP contribution is -2.36. The number of anilines is 1. The van der Waals surface area contributed by atoms with Crippen LogP contribution >= 0.6 is 0 Å². The fraction of sp³-hybridized carbons (Fsp3) is 0.360. The summed E-state index contributed by atoms with van der Waals surface area (Å²) in [5, 5.41) is 26.2. The molecule has 2 aromatic carbocycles. The van der Waals surface area contributed by atoms with Gasteiger partial charge in [-0.15, -0.1) is 0 Å². The molecule has 3 aromatic rings. The predicted octanol–water partition coefficient (Wildman–Crippen LogP) is 2.64. The molecule has 0 radical (unpaired) electrons. The van der Waals surface area contributed by atoms with Gasteiger partial charge in [0, 0.05) is 31.3 Å². The first-order valence-corrected chi connectivity index (χ1v) is 11.2. The quantitative estimate of drug-likeness (QED) is 0.456. The maximum Gasteiger partial charge on any atom is 0.239 e. The van der Waals surface area contributed by atoms with Crippen LogP contribution in [0.15, 0.2) is 54.6 Å². The number of rotatable bonds is 10. The summed E-state index contributed by atoms with van der Waals surface area (Å²) in [6, 6.07) is 18.1. The Kier molecular flexibility index (Phi) is 7.32. The van der Waals surface area contributed by atoms with Crippen molar-refractivity contribution >= 4 is 11.7 Å². The van der Waals surface area contributed by atoms with Gasteiger partial charge in [0.05, 0.1) is 24.5 Å². The van der Waals surface area contributed by atoms with Crippen LogP contribution < -0.4 is 5.32 Å². The molecule has 7 nitrogen and oxygen atoms in total. The molecule has 0 bridgehead atoms. The van der Waals surface area contributed by atoms with E-state index in [1.165, 1.54) is 17.5 Å². The molecule has 3 N–H and O–H groups in total. The third kappa shape index (κ3) is 5.24. The van der Waals surface area contributed by atoms with E-state index in [0.717, 1.165) is 29.8 Å². The summed E-state index contributed by atoms with van der Waals surface area (Å²) >= 11 is 0. The van der Waals surface area contributed by atoms with Gasteiger partial charge in [-0.2, -0.15) is 5.10 Å². The smallest absolute Gasteiger partial charge is 0.239 e. The second kappa shape index (κ2) is 10.5. The number of amides is 1. The average molecular weight is 435 g/mol. The summed E-state index contributed by atoms with van der Waals surface area (Å²) in [6.45, 7) is 1.07. The van der Waals surface area contributed by atoms with E-state index in [9.17, 15) is 9.90 Å². The lowest BCUT2D eigenvalue weighted by atomic mass is 10.0. The summed E-state index contributed by atoms with van der Waals surface area (Å²) < 4.78 is 1.75. The first-order chi connectivity index (χ1) is 15.7. The van der Waals surface area contributed by atoms with Gasteiger partial charge in [0.2, 0.25) is 5.91 Å². The molecule has 0 saturated heterocycles. The molecule has 1 aliphatic carbocycles. The van der Waals surface area contributed by atoms with E-state index in [-0.39, 0.29) is 25.7 Å². The van der Waals surface area contributed by atoms with Crippen LogP contribution in [0.5, 0.6) is 0 Å². The topological polar surface area (TPSA) is 90.6 Å². The fourth-order valence-electron chi connectivity index (χ4n) is 4.20. The number of carbonyl (C=O) groups is 1. The zero-order valence-corrected chi connectivity index (χ0v) is 18.2. The normalized spacial score (nSPS) is 12.8. The second-order valence-corrected chi connectivity index (χ2v) is 8.12. The van der Waals surface area contributed by atoms with E-state index >= 15 is 0 Å². The van der Waals surface area contributed by atoms with Crippen molar-refractivity contribution in [2.24, 2.45) is 0 Å². The van der Waals surface area contributed by atoms with E-state index in [2.05, 4.69) is 23.5 Å². The van der Waals surface area contributed by atoms with Gasteiger partial charge in [0.15, 0.2) is 0 Å². The Morgan fingerprint density at radius 2 is 1.81 bits per heavy atom. The Morgan fingerprint density at radius 1 is 1.00 bits per heavy atom. The predicted molar refractivity (Wildman–Crippen MR) is 125 cm³/mol. The van der Waals surface area contributed by atoms with E-state index in [4.69, 9.17) is 10.2 Å². The van der Waals surface area contributed by atoms with Gasteiger partial charge in [-0.05, 0) is 55.0 Å². The van der Waals surface area contributed by atoms with Crippen molar-refractivity contribution in [1.82, 2.24) is 14.7 Å². The van der Waals surface area contributed by atoms with Crippen LogP contribution in [0.1, 0.15) is 24.0 Å². The first kappa shape index (κ1) is 22.2. The molecule has 32 heavy (non-hydrogen) atoms. The largest absolute Gasteiger partial charge is 0.396 e. The second-order valence-electron chi connectivity index (χ2n) is 8.12. The summed E-state index contributed by atoms with van der Waals surface area (Å²) in [7, 11) is 0. The minimum atomic E-state index is -0.186. The number of aliphatic hydroxyl groups is 2. The number of aromatic nitrogens is 2. The summed E-state index contributed by atoms with van der Waals surface area (Å²) in [6.07, 6.45) is 3.98. The van der Waals surface area contributed by atoms with Gasteiger partial charge in [-0.1, -0.05) is 30.3 Å². The van der Waals surface area contributed by atoms with Gasteiger partial charge in [0.25, 0.3) is 0 Å². The monoisotopic (exact) mass is 434 g/mol. The van der Waals surface area contributed by atoms with Gasteiger partial charge in [-0.3, -0.25) is 9.69 Å². The van der Waals surface area contributed by atoms with Crippen LogP contribution in [0, 0.1) is 0 Å². The number of aliphatic hydroxyl groups excluding tert-OH is 2. The van der Waals surface area contributed by atoms with Gasteiger partial charge < -0.3 is 15.5 Å². The van der Waals surface area contributed by atoms with Crippen molar-refractivity contribution < 1.29 is 15.0 Å². The number of para-hydroxylation sites is 1.